The van der Waals surface area contributed by atoms with Crippen molar-refractivity contribution in [3.8, 4) is 0 Å². The summed E-state index contributed by atoms with van der Waals surface area (Å²) in [6.07, 6.45) is 1.96. The third kappa shape index (κ3) is 3.91. The topological polar surface area (TPSA) is 88.1 Å². The standard InChI is InChI=1S/C18H25N3O4S/c1-12(2)11-21-13(3)20-26(23,24)17-9-14(6-7-16(17)21)18(22)19-10-15-5-4-8-25-15/h6-7,9,12,15H,4-5,8,10-11H2,1-3H3,(H,19,22). The monoisotopic (exact) mass is 379 g/mol. The predicted octanol–water partition coefficient (Wildman–Crippen LogP) is 2.18. The van der Waals surface area contributed by atoms with E-state index >= 15 is 0 Å². The SMILES string of the molecule is CC1=NS(=O)(=O)c2cc(C(=O)NCC3CCCO3)ccc2N1CC(C)C. The van der Waals surface area contributed by atoms with Crippen molar-refractivity contribution in [3.05, 3.63) is 23.8 Å². The summed E-state index contributed by atoms with van der Waals surface area (Å²) in [6, 6.07) is 4.76. The second kappa shape index (κ2) is 7.36. The van der Waals surface area contributed by atoms with E-state index in [9.17, 15) is 13.2 Å². The number of nitrogens with zero attached hydrogens (tertiary/aromatic N) is 2. The first kappa shape index (κ1) is 18.8. The van der Waals surface area contributed by atoms with E-state index in [4.69, 9.17) is 4.74 Å². The van der Waals surface area contributed by atoms with Crippen molar-refractivity contribution in [2.45, 2.75) is 44.6 Å². The minimum atomic E-state index is -3.80. The minimum Gasteiger partial charge on any atom is -0.376 e. The average molecular weight is 379 g/mol. The molecule has 1 saturated heterocycles. The molecule has 0 saturated carbocycles. The summed E-state index contributed by atoms with van der Waals surface area (Å²) in [5, 5.41) is 2.82. The number of amides is 1. The Morgan fingerprint density at radius 1 is 1.42 bits per heavy atom. The normalized spacial score (nSPS) is 21.5. The number of amidine groups is 1. The van der Waals surface area contributed by atoms with Gasteiger partial charge in [-0.2, -0.15) is 8.42 Å². The molecule has 1 atom stereocenters. The molecule has 8 heteroatoms. The highest BCUT2D eigenvalue weighted by Crippen LogP contribution is 2.33. The summed E-state index contributed by atoms with van der Waals surface area (Å²) >= 11 is 0. The summed E-state index contributed by atoms with van der Waals surface area (Å²) in [7, 11) is -3.80. The Balaban J connectivity index is 1.85. The van der Waals surface area contributed by atoms with E-state index in [2.05, 4.69) is 23.6 Å². The van der Waals surface area contributed by atoms with Gasteiger partial charge >= 0.3 is 0 Å². The predicted molar refractivity (Wildman–Crippen MR) is 100 cm³/mol. The number of carbonyl (C=O) groups is 1. The van der Waals surface area contributed by atoms with E-state index in [1.165, 1.54) is 6.07 Å². The van der Waals surface area contributed by atoms with Crippen molar-refractivity contribution in [1.29, 1.82) is 0 Å². The molecule has 0 spiro atoms. The molecule has 2 aliphatic rings. The maximum atomic E-state index is 12.5. The van der Waals surface area contributed by atoms with Crippen molar-refractivity contribution >= 4 is 27.5 Å². The van der Waals surface area contributed by atoms with Gasteiger partial charge in [0.05, 0.1) is 11.8 Å². The number of sulfonamides is 1. The van der Waals surface area contributed by atoms with Crippen molar-refractivity contribution in [2.24, 2.45) is 10.3 Å². The number of rotatable bonds is 5. The molecule has 7 nitrogen and oxygen atoms in total. The van der Waals surface area contributed by atoms with Crippen molar-refractivity contribution in [3.63, 3.8) is 0 Å². The van der Waals surface area contributed by atoms with E-state index in [1.54, 1.807) is 19.1 Å². The second-order valence-corrected chi connectivity index (χ2v) is 8.72. The third-order valence-electron chi connectivity index (χ3n) is 4.50. The number of nitrogens with one attached hydrogen (secondary N) is 1. The molecule has 1 fully saturated rings. The molecule has 0 aromatic heterocycles. The van der Waals surface area contributed by atoms with Gasteiger partial charge in [-0.1, -0.05) is 13.8 Å². The highest BCUT2D eigenvalue weighted by atomic mass is 32.2. The lowest BCUT2D eigenvalue weighted by molar-refractivity contribution is 0.0857. The Morgan fingerprint density at radius 2 is 2.19 bits per heavy atom. The average Bonchev–Trinajstić information content (AvgIpc) is 3.09. The molecule has 1 unspecified atom stereocenters. The molecule has 2 heterocycles. The van der Waals surface area contributed by atoms with Crippen LogP contribution in [-0.4, -0.2) is 46.0 Å². The van der Waals surface area contributed by atoms with Crippen molar-refractivity contribution < 1.29 is 17.9 Å². The van der Waals surface area contributed by atoms with Gasteiger partial charge in [0.25, 0.3) is 15.9 Å². The molecule has 1 amide bonds. The van der Waals surface area contributed by atoms with Gasteiger partial charge in [0.2, 0.25) is 0 Å². The fourth-order valence-corrected chi connectivity index (χ4v) is 4.50. The van der Waals surface area contributed by atoms with Gasteiger partial charge in [-0.3, -0.25) is 4.79 Å². The summed E-state index contributed by atoms with van der Waals surface area (Å²) in [4.78, 5) is 14.4. The number of hydrogen-bond acceptors (Lipinski definition) is 5. The summed E-state index contributed by atoms with van der Waals surface area (Å²) in [6.45, 7) is 7.61. The smallest absolute Gasteiger partial charge is 0.286 e. The zero-order chi connectivity index (χ0) is 18.9. The van der Waals surface area contributed by atoms with Crippen LogP contribution >= 0.6 is 0 Å². The van der Waals surface area contributed by atoms with Crippen LogP contribution in [0.1, 0.15) is 44.0 Å². The van der Waals surface area contributed by atoms with Crippen molar-refractivity contribution in [1.82, 2.24) is 5.32 Å². The van der Waals surface area contributed by atoms with Crippen LogP contribution < -0.4 is 10.2 Å². The zero-order valence-electron chi connectivity index (χ0n) is 15.4. The number of ether oxygens (including phenoxy) is 1. The van der Waals surface area contributed by atoms with Crippen LogP contribution in [-0.2, 0) is 14.8 Å². The highest BCUT2D eigenvalue weighted by Gasteiger charge is 2.30. The quantitative estimate of drug-likeness (QED) is 0.847. The van der Waals surface area contributed by atoms with Crippen LogP contribution in [0.3, 0.4) is 0 Å². The van der Waals surface area contributed by atoms with Crippen LogP contribution in [0, 0.1) is 5.92 Å². The maximum Gasteiger partial charge on any atom is 0.286 e. The first-order chi connectivity index (χ1) is 12.3. The maximum absolute atomic E-state index is 12.5. The van der Waals surface area contributed by atoms with Crippen LogP contribution in [0.5, 0.6) is 0 Å². The number of hydrogen-bond donors (Lipinski definition) is 1. The van der Waals surface area contributed by atoms with Gasteiger partial charge in [0.15, 0.2) is 0 Å². The van der Waals surface area contributed by atoms with Gasteiger partial charge in [-0.15, -0.1) is 4.40 Å². The van der Waals surface area contributed by atoms with Gasteiger partial charge in [-0.25, -0.2) is 0 Å². The zero-order valence-corrected chi connectivity index (χ0v) is 16.2. The van der Waals surface area contributed by atoms with Gasteiger partial charge < -0.3 is 15.0 Å². The Kier molecular flexibility index (Phi) is 5.34. The van der Waals surface area contributed by atoms with Crippen LogP contribution in [0.2, 0.25) is 0 Å². The largest absolute Gasteiger partial charge is 0.376 e. The van der Waals surface area contributed by atoms with Gasteiger partial charge in [-0.05, 0) is 43.9 Å². The van der Waals surface area contributed by atoms with Crippen LogP contribution in [0.15, 0.2) is 27.5 Å². The third-order valence-corrected chi connectivity index (χ3v) is 5.88. The summed E-state index contributed by atoms with van der Waals surface area (Å²) in [5.74, 6) is 0.477. The Bertz CT molecular complexity index is 827. The number of fused-ring (bicyclic) bond motifs is 1. The number of carbonyl (C=O) groups excluding carboxylic acids is 1. The van der Waals surface area contributed by atoms with E-state index in [-0.39, 0.29) is 16.9 Å². The highest BCUT2D eigenvalue weighted by molar-refractivity contribution is 7.90. The molecule has 142 valence electrons. The lowest BCUT2D eigenvalue weighted by atomic mass is 10.1. The second-order valence-electron chi connectivity index (χ2n) is 7.15. The molecular weight excluding hydrogens is 354 g/mol. The van der Waals surface area contributed by atoms with Gasteiger partial charge in [0, 0.05) is 25.3 Å². The molecule has 3 rings (SSSR count). The first-order valence-electron chi connectivity index (χ1n) is 8.91. The van der Waals surface area contributed by atoms with Gasteiger partial charge in [0.1, 0.15) is 10.7 Å². The Hall–Kier alpha value is -1.93. The molecule has 1 aromatic carbocycles. The molecule has 2 aliphatic heterocycles. The van der Waals surface area contributed by atoms with Crippen molar-refractivity contribution in [2.75, 3.05) is 24.6 Å². The molecule has 0 bridgehead atoms. The molecule has 0 aliphatic carbocycles. The van der Waals surface area contributed by atoms with E-state index in [0.717, 1.165) is 19.4 Å². The molecule has 26 heavy (non-hydrogen) atoms. The van der Waals surface area contributed by atoms with Crippen LogP contribution in [0.25, 0.3) is 0 Å². The molecule has 0 radical (unpaired) electrons. The van der Waals surface area contributed by atoms with Crippen LogP contribution in [0.4, 0.5) is 5.69 Å². The minimum absolute atomic E-state index is 0.0362. The Labute approximate surface area is 154 Å². The number of benzene rings is 1. The van der Waals surface area contributed by atoms with E-state index in [1.807, 2.05) is 4.90 Å². The fraction of sp³-hybridized carbons (Fsp3) is 0.556. The lowest BCUT2D eigenvalue weighted by Gasteiger charge is -2.30. The molecular formula is C18H25N3O4S. The first-order valence-corrected chi connectivity index (χ1v) is 10.3. The fourth-order valence-electron chi connectivity index (χ4n) is 3.24. The molecule has 1 aromatic rings. The Morgan fingerprint density at radius 3 is 2.85 bits per heavy atom. The summed E-state index contributed by atoms with van der Waals surface area (Å²) < 4.78 is 34.3. The number of anilines is 1. The van der Waals surface area contributed by atoms with E-state index < -0.39 is 10.0 Å². The van der Waals surface area contributed by atoms with E-state index in [0.29, 0.717) is 36.1 Å². The summed E-state index contributed by atoms with van der Waals surface area (Å²) in [5.41, 5.74) is 0.881. The molecule has 1 N–H and O–H groups in total. The lowest BCUT2D eigenvalue weighted by Crippen LogP contribution is -2.37.